The molecule has 13 heavy (non-hydrogen) atoms. The van der Waals surface area contributed by atoms with Gasteiger partial charge in [-0.3, -0.25) is 4.79 Å². The fourth-order valence-electron chi connectivity index (χ4n) is 1.05. The lowest BCUT2D eigenvalue weighted by atomic mass is 10.1. The van der Waals surface area contributed by atoms with E-state index in [0.717, 1.165) is 25.8 Å². The van der Waals surface area contributed by atoms with Gasteiger partial charge in [-0.1, -0.05) is 19.8 Å². The molecule has 0 aliphatic rings. The van der Waals surface area contributed by atoms with Crippen LogP contribution in [0.25, 0.3) is 0 Å². The average molecular weight is 208 g/mol. The Hall–Kier alpha value is -0.0800. The number of hydrogen-bond donors (Lipinski definition) is 0. The van der Waals surface area contributed by atoms with E-state index in [-0.39, 0.29) is 12.4 Å². The molecule has 0 aromatic carbocycles. The van der Waals surface area contributed by atoms with Gasteiger partial charge in [0.25, 0.3) is 0 Å². The van der Waals surface area contributed by atoms with Crippen LogP contribution in [0, 0.1) is 0 Å². The zero-order valence-electron chi connectivity index (χ0n) is 9.01. The maximum atomic E-state index is 11.2. The van der Waals surface area contributed by atoms with E-state index in [9.17, 15) is 4.79 Å². The molecular formula is C10H22ClNO. The largest absolute Gasteiger partial charge is 0.309 e. The first-order chi connectivity index (χ1) is 5.66. The lowest BCUT2D eigenvalue weighted by molar-refractivity contribution is -0.119. The summed E-state index contributed by atoms with van der Waals surface area (Å²) >= 11 is 0. The van der Waals surface area contributed by atoms with E-state index in [0.29, 0.717) is 5.78 Å². The molecule has 0 amide bonds. The lowest BCUT2D eigenvalue weighted by Gasteiger charge is -2.07. The van der Waals surface area contributed by atoms with Gasteiger partial charge in [-0.2, -0.15) is 0 Å². The molecule has 0 atom stereocenters. The van der Waals surface area contributed by atoms with Crippen molar-refractivity contribution in [3.63, 3.8) is 0 Å². The van der Waals surface area contributed by atoms with E-state index in [1.54, 1.807) is 0 Å². The molecule has 0 heterocycles. The second-order valence-corrected chi connectivity index (χ2v) is 3.55. The van der Waals surface area contributed by atoms with E-state index in [2.05, 4.69) is 11.8 Å². The molecule has 0 radical (unpaired) electrons. The Morgan fingerprint density at radius 1 is 1.15 bits per heavy atom. The summed E-state index contributed by atoms with van der Waals surface area (Å²) in [6, 6.07) is 0. The van der Waals surface area contributed by atoms with Crippen molar-refractivity contribution >= 4 is 18.2 Å². The Morgan fingerprint density at radius 2 is 1.77 bits per heavy atom. The van der Waals surface area contributed by atoms with E-state index in [1.807, 2.05) is 14.1 Å². The van der Waals surface area contributed by atoms with Gasteiger partial charge in [-0.25, -0.2) is 0 Å². The smallest absolute Gasteiger partial charge is 0.134 e. The van der Waals surface area contributed by atoms with Gasteiger partial charge in [0, 0.05) is 19.4 Å². The van der Waals surface area contributed by atoms with Crippen LogP contribution >= 0.6 is 12.4 Å². The maximum Gasteiger partial charge on any atom is 0.134 e. The standard InChI is InChI=1S/C10H21NO.ClH/c1-4-5-6-7-10(12)8-9-11(2)3;/h4-9H2,1-3H3;1H. The highest BCUT2D eigenvalue weighted by atomic mass is 35.5. The Kier molecular flexibility index (Phi) is 11.8. The molecule has 0 aromatic rings. The van der Waals surface area contributed by atoms with Gasteiger partial charge in [0.2, 0.25) is 0 Å². The first kappa shape index (κ1) is 15.4. The molecule has 0 bridgehead atoms. The summed E-state index contributed by atoms with van der Waals surface area (Å²) in [4.78, 5) is 13.2. The first-order valence-electron chi connectivity index (χ1n) is 4.83. The number of carbonyl (C=O) groups is 1. The minimum atomic E-state index is 0. The average Bonchev–Trinajstić information content (AvgIpc) is 2.01. The second-order valence-electron chi connectivity index (χ2n) is 3.55. The number of Topliss-reactive ketones (excluding diaryl/α,β-unsaturated/α-hetero) is 1. The highest BCUT2D eigenvalue weighted by Crippen LogP contribution is 2.01. The van der Waals surface area contributed by atoms with Crippen LogP contribution in [0.4, 0.5) is 0 Å². The van der Waals surface area contributed by atoms with Crippen molar-refractivity contribution in [1.29, 1.82) is 0 Å². The van der Waals surface area contributed by atoms with Gasteiger partial charge in [0.15, 0.2) is 0 Å². The van der Waals surface area contributed by atoms with Crippen molar-refractivity contribution in [2.45, 2.75) is 39.0 Å². The summed E-state index contributed by atoms with van der Waals surface area (Å²) < 4.78 is 0. The zero-order chi connectivity index (χ0) is 9.40. The third-order valence-corrected chi connectivity index (χ3v) is 1.90. The molecule has 0 N–H and O–H groups in total. The summed E-state index contributed by atoms with van der Waals surface area (Å²) in [5.41, 5.74) is 0. The number of halogens is 1. The van der Waals surface area contributed by atoms with Crippen molar-refractivity contribution in [2.75, 3.05) is 20.6 Å². The molecule has 0 rings (SSSR count). The molecule has 0 aromatic heterocycles. The SMILES string of the molecule is CCCCCC(=O)CCN(C)C.Cl. The fraction of sp³-hybridized carbons (Fsp3) is 0.900. The van der Waals surface area contributed by atoms with Crippen LogP contribution in [0.2, 0.25) is 0 Å². The summed E-state index contributed by atoms with van der Waals surface area (Å²) in [7, 11) is 4.00. The molecule has 0 spiro atoms. The van der Waals surface area contributed by atoms with Crippen LogP contribution in [-0.2, 0) is 4.79 Å². The minimum absolute atomic E-state index is 0. The number of carbonyl (C=O) groups excluding carboxylic acids is 1. The molecule has 2 nitrogen and oxygen atoms in total. The van der Waals surface area contributed by atoms with Gasteiger partial charge in [0.05, 0.1) is 0 Å². The van der Waals surface area contributed by atoms with Gasteiger partial charge in [-0.15, -0.1) is 12.4 Å². The number of rotatable bonds is 7. The minimum Gasteiger partial charge on any atom is -0.309 e. The Morgan fingerprint density at radius 3 is 2.23 bits per heavy atom. The predicted octanol–water partition coefficient (Wildman–Crippen LogP) is 2.51. The van der Waals surface area contributed by atoms with Crippen molar-refractivity contribution in [3.05, 3.63) is 0 Å². The monoisotopic (exact) mass is 207 g/mol. The van der Waals surface area contributed by atoms with Crippen LogP contribution in [-0.4, -0.2) is 31.3 Å². The van der Waals surface area contributed by atoms with Gasteiger partial charge >= 0.3 is 0 Å². The van der Waals surface area contributed by atoms with Crippen LogP contribution in [0.5, 0.6) is 0 Å². The quantitative estimate of drug-likeness (QED) is 0.598. The Balaban J connectivity index is 0. The normalized spacial score (nSPS) is 9.85. The Labute approximate surface area is 88.1 Å². The molecule has 0 aliphatic carbocycles. The molecule has 0 saturated carbocycles. The molecule has 3 heteroatoms. The van der Waals surface area contributed by atoms with Crippen LogP contribution in [0.1, 0.15) is 39.0 Å². The number of ketones is 1. The predicted molar refractivity (Wildman–Crippen MR) is 59.6 cm³/mol. The molecule has 0 unspecified atom stereocenters. The summed E-state index contributed by atoms with van der Waals surface area (Å²) in [6.45, 7) is 3.05. The highest BCUT2D eigenvalue weighted by Gasteiger charge is 2.01. The maximum absolute atomic E-state index is 11.2. The second kappa shape index (κ2) is 10.0. The first-order valence-corrected chi connectivity index (χ1v) is 4.83. The lowest BCUT2D eigenvalue weighted by Crippen LogP contribution is -2.16. The van der Waals surface area contributed by atoms with E-state index in [4.69, 9.17) is 0 Å². The molecular weight excluding hydrogens is 186 g/mol. The summed E-state index contributed by atoms with van der Waals surface area (Å²) in [5.74, 6) is 0.414. The third kappa shape index (κ3) is 11.9. The van der Waals surface area contributed by atoms with Crippen LogP contribution < -0.4 is 0 Å². The van der Waals surface area contributed by atoms with E-state index < -0.39 is 0 Å². The molecule has 80 valence electrons. The van der Waals surface area contributed by atoms with Crippen molar-refractivity contribution in [2.24, 2.45) is 0 Å². The molecule has 0 aliphatic heterocycles. The molecule has 0 fully saturated rings. The Bertz CT molecular complexity index is 126. The number of nitrogens with zero attached hydrogens (tertiary/aromatic N) is 1. The number of hydrogen-bond acceptors (Lipinski definition) is 2. The van der Waals surface area contributed by atoms with E-state index in [1.165, 1.54) is 12.8 Å². The van der Waals surface area contributed by atoms with Crippen molar-refractivity contribution in [1.82, 2.24) is 4.90 Å². The van der Waals surface area contributed by atoms with Gasteiger partial charge < -0.3 is 4.90 Å². The van der Waals surface area contributed by atoms with Crippen molar-refractivity contribution < 1.29 is 4.79 Å². The van der Waals surface area contributed by atoms with Gasteiger partial charge in [-0.05, 0) is 20.5 Å². The van der Waals surface area contributed by atoms with Crippen LogP contribution in [0.3, 0.4) is 0 Å². The zero-order valence-corrected chi connectivity index (χ0v) is 9.82. The topological polar surface area (TPSA) is 20.3 Å². The van der Waals surface area contributed by atoms with Crippen LogP contribution in [0.15, 0.2) is 0 Å². The molecule has 0 saturated heterocycles. The van der Waals surface area contributed by atoms with E-state index >= 15 is 0 Å². The fourth-order valence-corrected chi connectivity index (χ4v) is 1.05. The van der Waals surface area contributed by atoms with Crippen molar-refractivity contribution in [3.8, 4) is 0 Å². The third-order valence-electron chi connectivity index (χ3n) is 1.90. The highest BCUT2D eigenvalue weighted by molar-refractivity contribution is 5.85. The summed E-state index contributed by atoms with van der Waals surface area (Å²) in [5, 5.41) is 0. The number of unbranched alkanes of at least 4 members (excludes halogenated alkanes) is 2. The summed E-state index contributed by atoms with van der Waals surface area (Å²) in [6.07, 6.45) is 4.95. The van der Waals surface area contributed by atoms with Gasteiger partial charge in [0.1, 0.15) is 5.78 Å².